The van der Waals surface area contributed by atoms with Crippen LogP contribution >= 0.6 is 0 Å². The van der Waals surface area contributed by atoms with Crippen molar-refractivity contribution in [3.63, 3.8) is 0 Å². The predicted octanol–water partition coefficient (Wildman–Crippen LogP) is 3.40. The van der Waals surface area contributed by atoms with Crippen molar-refractivity contribution in [3.8, 4) is 0 Å². The topological polar surface area (TPSA) is 133 Å². The first kappa shape index (κ1) is 38.4. The highest BCUT2D eigenvalue weighted by Crippen LogP contribution is 2.25. The standard InChI is InChI=1S/C25H50O11Si4/c1-8-13-25(29)33-17-12-21-40(34-37(5)18-9-14-30-22(2)26,35-38(6)19-10-15-31-23(3)27)36-39(7)20-11-16-32-24(4)28/h8,13,37-39H,9-12,14-21H2,1-7H3. The van der Waals surface area contributed by atoms with Crippen molar-refractivity contribution in [2.24, 2.45) is 0 Å². The third-order valence-corrected chi connectivity index (χ3v) is 19.3. The van der Waals surface area contributed by atoms with E-state index in [1.165, 1.54) is 26.8 Å². The molecule has 11 nitrogen and oxygen atoms in total. The van der Waals surface area contributed by atoms with Gasteiger partial charge in [0, 0.05) is 32.9 Å². The van der Waals surface area contributed by atoms with Gasteiger partial charge in [0.05, 0.1) is 26.4 Å². The molecule has 0 aromatic heterocycles. The van der Waals surface area contributed by atoms with Gasteiger partial charge in [-0.3, -0.25) is 14.4 Å². The van der Waals surface area contributed by atoms with Crippen LogP contribution in [0, 0.1) is 0 Å². The van der Waals surface area contributed by atoms with Gasteiger partial charge in [0.2, 0.25) is 0 Å². The van der Waals surface area contributed by atoms with Gasteiger partial charge < -0.3 is 31.3 Å². The van der Waals surface area contributed by atoms with Gasteiger partial charge in [-0.25, -0.2) is 4.79 Å². The highest BCUT2D eigenvalue weighted by molar-refractivity contribution is 6.80. The lowest BCUT2D eigenvalue weighted by atomic mass is 10.5. The van der Waals surface area contributed by atoms with Crippen molar-refractivity contribution < 1.29 is 50.5 Å². The van der Waals surface area contributed by atoms with Crippen LogP contribution in [-0.2, 0) is 50.5 Å². The molecule has 0 aliphatic rings. The maximum Gasteiger partial charge on any atom is 0.469 e. The van der Waals surface area contributed by atoms with E-state index < -0.39 is 41.9 Å². The predicted molar refractivity (Wildman–Crippen MR) is 161 cm³/mol. The Labute approximate surface area is 245 Å². The van der Waals surface area contributed by atoms with Crippen LogP contribution in [0.4, 0.5) is 0 Å². The minimum Gasteiger partial charge on any atom is -0.466 e. The first-order valence-corrected chi connectivity index (χ1v) is 23.4. The van der Waals surface area contributed by atoms with Crippen LogP contribution in [0.2, 0.25) is 43.8 Å². The first-order valence-electron chi connectivity index (χ1n) is 14.1. The zero-order valence-electron chi connectivity index (χ0n) is 25.4. The van der Waals surface area contributed by atoms with E-state index >= 15 is 0 Å². The molecule has 0 N–H and O–H groups in total. The summed E-state index contributed by atoms with van der Waals surface area (Å²) in [6.45, 7) is 13.4. The lowest BCUT2D eigenvalue weighted by Gasteiger charge is -2.37. The van der Waals surface area contributed by atoms with Gasteiger partial charge in [0.25, 0.3) is 0 Å². The van der Waals surface area contributed by atoms with Crippen LogP contribution in [0.1, 0.15) is 53.4 Å². The fraction of sp³-hybridized carbons (Fsp3) is 0.760. The Kier molecular flexibility index (Phi) is 22.0. The van der Waals surface area contributed by atoms with Crippen LogP contribution in [0.25, 0.3) is 0 Å². The van der Waals surface area contributed by atoms with Crippen LogP contribution in [-0.4, -0.2) is 86.2 Å². The molecule has 0 aromatic carbocycles. The molecule has 232 valence electrons. The summed E-state index contributed by atoms with van der Waals surface area (Å²) in [6, 6.07) is 2.88. The molecular weight excluding hydrogens is 589 g/mol. The molecule has 0 rings (SSSR count). The number of rotatable bonds is 23. The summed E-state index contributed by atoms with van der Waals surface area (Å²) in [4.78, 5) is 45.2. The molecule has 0 saturated heterocycles. The lowest BCUT2D eigenvalue weighted by molar-refractivity contribution is -0.141. The minimum absolute atomic E-state index is 0.223. The van der Waals surface area contributed by atoms with Crippen LogP contribution < -0.4 is 0 Å². The van der Waals surface area contributed by atoms with E-state index in [2.05, 4.69) is 19.6 Å². The number of hydrogen-bond donors (Lipinski definition) is 0. The second kappa shape index (κ2) is 23.0. The zero-order chi connectivity index (χ0) is 30.4. The average Bonchev–Trinajstić information content (AvgIpc) is 2.85. The number of hydrogen-bond acceptors (Lipinski definition) is 11. The lowest BCUT2D eigenvalue weighted by Crippen LogP contribution is -2.54. The SMILES string of the molecule is CC=CC(=O)OCCC[Si](O[SiH](C)CCCOC(C)=O)(O[SiH](C)CCCOC(C)=O)O[SiH](C)CCCOC(C)=O. The van der Waals surface area contributed by atoms with Gasteiger partial charge in [0.15, 0.2) is 27.1 Å². The second-order valence-corrected chi connectivity index (χ2v) is 21.0. The summed E-state index contributed by atoms with van der Waals surface area (Å²) >= 11 is 0. The molecule has 0 spiro atoms. The number of ether oxygens (including phenoxy) is 4. The molecule has 0 bridgehead atoms. The van der Waals surface area contributed by atoms with Crippen LogP contribution in [0.15, 0.2) is 12.2 Å². The van der Waals surface area contributed by atoms with Crippen molar-refractivity contribution in [3.05, 3.63) is 12.2 Å². The fourth-order valence-corrected chi connectivity index (χ4v) is 18.9. The Bertz CT molecular complexity index is 708. The van der Waals surface area contributed by atoms with Gasteiger partial charge in [-0.2, -0.15) is 0 Å². The zero-order valence-corrected chi connectivity index (χ0v) is 29.8. The molecule has 0 fully saturated rings. The van der Waals surface area contributed by atoms with Crippen molar-refractivity contribution in [2.45, 2.75) is 97.2 Å². The summed E-state index contributed by atoms with van der Waals surface area (Å²) in [5.74, 6) is -1.31. The molecule has 3 atom stereocenters. The monoisotopic (exact) mass is 638 g/mol. The third kappa shape index (κ3) is 22.1. The Morgan fingerprint density at radius 2 is 0.950 bits per heavy atom. The number of carbonyl (C=O) groups excluding carboxylic acids is 4. The maximum absolute atomic E-state index is 11.8. The highest BCUT2D eigenvalue weighted by atomic mass is 28.5. The molecule has 0 amide bonds. The van der Waals surface area contributed by atoms with E-state index in [1.807, 2.05) is 0 Å². The summed E-state index contributed by atoms with van der Waals surface area (Å²) in [6.07, 6.45) is 5.64. The molecule has 0 radical (unpaired) electrons. The summed E-state index contributed by atoms with van der Waals surface area (Å²) in [5.41, 5.74) is 0. The van der Waals surface area contributed by atoms with Crippen molar-refractivity contribution in [2.75, 3.05) is 26.4 Å². The van der Waals surface area contributed by atoms with Crippen LogP contribution in [0.3, 0.4) is 0 Å². The van der Waals surface area contributed by atoms with Gasteiger partial charge in [-0.15, -0.1) is 0 Å². The second-order valence-electron chi connectivity index (χ2n) is 9.69. The molecule has 40 heavy (non-hydrogen) atoms. The quantitative estimate of drug-likeness (QED) is 0.0536. The van der Waals surface area contributed by atoms with Crippen molar-refractivity contribution in [1.82, 2.24) is 0 Å². The molecule has 0 aliphatic heterocycles. The maximum atomic E-state index is 11.8. The van der Waals surface area contributed by atoms with Gasteiger partial charge in [-0.05, 0) is 70.4 Å². The van der Waals surface area contributed by atoms with Crippen molar-refractivity contribution in [1.29, 1.82) is 0 Å². The third-order valence-electron chi connectivity index (χ3n) is 5.50. The normalized spacial score (nSPS) is 15.1. The Morgan fingerprint density at radius 1 is 0.600 bits per heavy atom. The average molecular weight is 639 g/mol. The Balaban J connectivity index is 5.59. The smallest absolute Gasteiger partial charge is 0.466 e. The molecule has 0 aliphatic carbocycles. The molecular formula is C25H50O11Si4. The number of carbonyl (C=O) groups is 4. The summed E-state index contributed by atoms with van der Waals surface area (Å²) < 4.78 is 40.9. The molecule has 0 saturated carbocycles. The van der Waals surface area contributed by atoms with E-state index in [9.17, 15) is 19.2 Å². The largest absolute Gasteiger partial charge is 0.469 e. The highest BCUT2D eigenvalue weighted by Gasteiger charge is 2.44. The van der Waals surface area contributed by atoms with E-state index in [0.717, 1.165) is 18.1 Å². The minimum atomic E-state index is -3.17. The molecule has 3 unspecified atom stereocenters. The Hall–Kier alpha value is -1.63. The first-order chi connectivity index (χ1) is 18.9. The summed E-state index contributed by atoms with van der Waals surface area (Å²) in [7, 11) is -8.50. The Morgan fingerprint density at radius 3 is 1.27 bits per heavy atom. The van der Waals surface area contributed by atoms with Crippen molar-refractivity contribution >= 4 is 59.8 Å². The van der Waals surface area contributed by atoms with E-state index in [1.54, 1.807) is 13.0 Å². The van der Waals surface area contributed by atoms with Gasteiger partial charge >= 0.3 is 32.7 Å². The van der Waals surface area contributed by atoms with E-state index in [4.69, 9.17) is 31.3 Å². The number of esters is 4. The molecule has 15 heteroatoms. The van der Waals surface area contributed by atoms with Gasteiger partial charge in [0.1, 0.15) is 0 Å². The number of allylic oxidation sites excluding steroid dienone is 1. The molecule has 0 aromatic rings. The fourth-order valence-electron chi connectivity index (χ4n) is 3.76. The van der Waals surface area contributed by atoms with E-state index in [-0.39, 0.29) is 24.5 Å². The van der Waals surface area contributed by atoms with Crippen LogP contribution in [0.5, 0.6) is 0 Å². The van der Waals surface area contributed by atoms with Gasteiger partial charge in [-0.1, -0.05) is 6.08 Å². The van der Waals surface area contributed by atoms with E-state index in [0.29, 0.717) is 51.5 Å². The summed E-state index contributed by atoms with van der Waals surface area (Å²) in [5, 5.41) is 0. The molecule has 0 heterocycles.